The number of nitrogens with one attached hydrogen (secondary N) is 1. The summed E-state index contributed by atoms with van der Waals surface area (Å²) in [5.74, 6) is -1.89. The summed E-state index contributed by atoms with van der Waals surface area (Å²) in [6.07, 6.45) is 1.62. The van der Waals surface area contributed by atoms with Crippen LogP contribution in [0.3, 0.4) is 0 Å². The Morgan fingerprint density at radius 1 is 1.00 bits per heavy atom. The van der Waals surface area contributed by atoms with Gasteiger partial charge in [0, 0.05) is 0 Å². The lowest BCUT2D eigenvalue weighted by atomic mass is 9.96. The van der Waals surface area contributed by atoms with Gasteiger partial charge in [-0.2, -0.15) is 0 Å². The molecule has 1 heterocycles. The number of aliphatic carboxylic acids is 1. The number of fused-ring (bicyclic) bond motifs is 2. The quantitative estimate of drug-likeness (QED) is 0.434. The van der Waals surface area contributed by atoms with Crippen molar-refractivity contribution in [2.75, 3.05) is 6.54 Å². The predicted molar refractivity (Wildman–Crippen MR) is 97.3 cm³/mol. The molecule has 1 saturated heterocycles. The molecule has 1 aliphatic rings. The first-order chi connectivity index (χ1) is 12.5. The minimum atomic E-state index is -1.25. The van der Waals surface area contributed by atoms with E-state index in [2.05, 4.69) is 11.4 Å². The molecule has 3 amide bonds. The lowest BCUT2D eigenvalue weighted by Crippen LogP contribution is -2.35. The molecule has 128 valence electrons. The van der Waals surface area contributed by atoms with Crippen LogP contribution in [-0.2, 0) is 9.59 Å². The molecule has 2 N–H and O–H groups in total. The van der Waals surface area contributed by atoms with Crippen molar-refractivity contribution in [2.24, 2.45) is 0 Å². The third-order valence-electron chi connectivity index (χ3n) is 4.36. The zero-order valence-corrected chi connectivity index (χ0v) is 13.6. The Hall–Kier alpha value is -3.67. The summed E-state index contributed by atoms with van der Waals surface area (Å²) in [4.78, 5) is 35.9. The Bertz CT molecular complexity index is 1060. The maximum Gasteiger partial charge on any atom is 0.329 e. The van der Waals surface area contributed by atoms with Crippen LogP contribution in [0.2, 0.25) is 0 Å². The highest BCUT2D eigenvalue weighted by Gasteiger charge is 2.35. The van der Waals surface area contributed by atoms with E-state index in [4.69, 9.17) is 5.11 Å². The van der Waals surface area contributed by atoms with E-state index >= 15 is 0 Å². The summed E-state index contributed by atoms with van der Waals surface area (Å²) < 4.78 is 0. The average Bonchev–Trinajstić information content (AvgIpc) is 2.88. The number of urea groups is 1. The Morgan fingerprint density at radius 2 is 1.58 bits per heavy atom. The summed E-state index contributed by atoms with van der Waals surface area (Å²) in [5, 5.41) is 15.3. The van der Waals surface area contributed by atoms with Gasteiger partial charge in [-0.1, -0.05) is 48.5 Å². The number of carbonyl (C=O) groups is 3. The number of hydrogen-bond donors (Lipinski definition) is 2. The third kappa shape index (κ3) is 2.57. The number of carboxylic acids is 1. The fourth-order valence-electron chi connectivity index (χ4n) is 3.20. The molecule has 6 nitrogen and oxygen atoms in total. The summed E-state index contributed by atoms with van der Waals surface area (Å²) in [5.41, 5.74) is 0.872. The van der Waals surface area contributed by atoms with E-state index in [0.717, 1.165) is 27.1 Å². The summed E-state index contributed by atoms with van der Waals surface area (Å²) >= 11 is 0. The van der Waals surface area contributed by atoms with Gasteiger partial charge < -0.3 is 10.4 Å². The minimum absolute atomic E-state index is 0.0674. The second-order valence-electron chi connectivity index (χ2n) is 6.01. The molecule has 26 heavy (non-hydrogen) atoms. The van der Waals surface area contributed by atoms with Crippen LogP contribution in [-0.4, -0.2) is 34.5 Å². The maximum absolute atomic E-state index is 12.4. The average molecular weight is 346 g/mol. The van der Waals surface area contributed by atoms with Crippen LogP contribution in [0, 0.1) is 0 Å². The molecule has 3 aromatic rings. The van der Waals surface area contributed by atoms with Crippen molar-refractivity contribution >= 4 is 45.5 Å². The third-order valence-corrected chi connectivity index (χ3v) is 4.36. The number of benzene rings is 3. The zero-order chi connectivity index (χ0) is 18.3. The van der Waals surface area contributed by atoms with Gasteiger partial charge >= 0.3 is 12.0 Å². The Labute approximate surface area is 148 Å². The lowest BCUT2D eigenvalue weighted by molar-refractivity contribution is -0.140. The molecule has 0 aliphatic carbocycles. The second kappa shape index (κ2) is 6.00. The molecule has 4 rings (SSSR count). The number of hydrogen-bond acceptors (Lipinski definition) is 3. The highest BCUT2D eigenvalue weighted by molar-refractivity contribution is 6.17. The second-order valence-corrected chi connectivity index (χ2v) is 6.01. The van der Waals surface area contributed by atoms with Crippen molar-refractivity contribution in [2.45, 2.75) is 0 Å². The number of nitrogens with zero attached hydrogens (tertiary/aromatic N) is 1. The minimum Gasteiger partial charge on any atom is -0.480 e. The first-order valence-corrected chi connectivity index (χ1v) is 8.01. The van der Waals surface area contributed by atoms with Crippen LogP contribution >= 0.6 is 0 Å². The van der Waals surface area contributed by atoms with Crippen molar-refractivity contribution in [3.63, 3.8) is 0 Å². The van der Waals surface area contributed by atoms with Crippen LogP contribution in [0.25, 0.3) is 27.6 Å². The smallest absolute Gasteiger partial charge is 0.329 e. The van der Waals surface area contributed by atoms with E-state index in [0.29, 0.717) is 4.90 Å². The first-order valence-electron chi connectivity index (χ1n) is 8.01. The van der Waals surface area contributed by atoms with Crippen molar-refractivity contribution < 1.29 is 19.5 Å². The van der Waals surface area contributed by atoms with Crippen LogP contribution in [0.4, 0.5) is 4.79 Å². The van der Waals surface area contributed by atoms with E-state index in [9.17, 15) is 14.4 Å². The number of amides is 3. The van der Waals surface area contributed by atoms with Crippen LogP contribution < -0.4 is 5.32 Å². The molecule has 0 atom stereocenters. The fraction of sp³-hybridized carbons (Fsp3) is 0.0500. The van der Waals surface area contributed by atoms with Crippen LogP contribution in [0.15, 0.2) is 60.3 Å². The number of carboxylic acid groups (broad SMARTS) is 1. The van der Waals surface area contributed by atoms with Gasteiger partial charge in [-0.25, -0.2) is 9.69 Å². The Morgan fingerprint density at radius 3 is 2.15 bits per heavy atom. The number of carbonyl (C=O) groups excluding carboxylic acids is 2. The highest BCUT2D eigenvalue weighted by Crippen LogP contribution is 2.30. The topological polar surface area (TPSA) is 86.7 Å². The molecule has 0 saturated carbocycles. The monoisotopic (exact) mass is 346 g/mol. The number of rotatable bonds is 3. The van der Waals surface area contributed by atoms with Gasteiger partial charge in [0.25, 0.3) is 5.91 Å². The van der Waals surface area contributed by atoms with Gasteiger partial charge in [-0.3, -0.25) is 9.59 Å². The summed E-state index contributed by atoms with van der Waals surface area (Å²) in [7, 11) is 0. The first kappa shape index (κ1) is 15.8. The SMILES string of the molecule is O=C(O)CN1C(=O)N/C(=C/c2c3ccccc3cc3ccccc23)C1=O. The van der Waals surface area contributed by atoms with Gasteiger partial charge in [0.15, 0.2) is 0 Å². The standard InChI is InChI=1S/C20H14N2O4/c23-18(24)11-22-19(25)17(21-20(22)26)10-16-14-7-3-1-5-12(14)9-13-6-2-4-8-15(13)16/h1-10H,11H2,(H,21,26)(H,23,24)/b17-10+. The summed E-state index contributed by atoms with van der Waals surface area (Å²) in [6.45, 7) is -0.668. The predicted octanol–water partition coefficient (Wildman–Crippen LogP) is 2.97. The van der Waals surface area contributed by atoms with E-state index in [-0.39, 0.29) is 5.70 Å². The van der Waals surface area contributed by atoms with Gasteiger partial charge in [0.05, 0.1) is 0 Å². The Kier molecular flexibility index (Phi) is 3.65. The normalized spacial score (nSPS) is 15.8. The molecule has 0 radical (unpaired) electrons. The molecule has 3 aromatic carbocycles. The molecule has 1 aliphatic heterocycles. The zero-order valence-electron chi connectivity index (χ0n) is 13.6. The van der Waals surface area contributed by atoms with Gasteiger partial charge in [0.1, 0.15) is 12.2 Å². The highest BCUT2D eigenvalue weighted by atomic mass is 16.4. The van der Waals surface area contributed by atoms with Gasteiger partial charge in [-0.05, 0) is 39.3 Å². The molecule has 0 aromatic heterocycles. The van der Waals surface area contributed by atoms with Crippen molar-refractivity contribution in [3.05, 3.63) is 65.9 Å². The maximum atomic E-state index is 12.4. The van der Waals surface area contributed by atoms with Crippen LogP contribution in [0.1, 0.15) is 5.56 Å². The van der Waals surface area contributed by atoms with Crippen molar-refractivity contribution in [1.29, 1.82) is 0 Å². The molecule has 0 bridgehead atoms. The van der Waals surface area contributed by atoms with Gasteiger partial charge in [-0.15, -0.1) is 0 Å². The van der Waals surface area contributed by atoms with Crippen molar-refractivity contribution in [3.8, 4) is 0 Å². The largest absolute Gasteiger partial charge is 0.480 e. The molecule has 6 heteroatoms. The molecule has 1 fully saturated rings. The molecule has 0 spiro atoms. The Balaban J connectivity index is 1.91. The van der Waals surface area contributed by atoms with E-state index in [1.54, 1.807) is 6.08 Å². The van der Waals surface area contributed by atoms with E-state index < -0.39 is 24.5 Å². The van der Waals surface area contributed by atoms with E-state index in [1.165, 1.54) is 0 Å². The fourth-order valence-corrected chi connectivity index (χ4v) is 3.20. The van der Waals surface area contributed by atoms with E-state index in [1.807, 2.05) is 48.5 Å². The molecular weight excluding hydrogens is 332 g/mol. The summed E-state index contributed by atoms with van der Waals surface area (Å²) in [6, 6.07) is 16.9. The van der Waals surface area contributed by atoms with Crippen molar-refractivity contribution in [1.82, 2.24) is 10.2 Å². The van der Waals surface area contributed by atoms with Gasteiger partial charge in [0.2, 0.25) is 0 Å². The molecular formula is C20H14N2O4. The van der Waals surface area contributed by atoms with Crippen LogP contribution in [0.5, 0.6) is 0 Å². The lowest BCUT2D eigenvalue weighted by Gasteiger charge is -2.09. The number of imide groups is 1. The molecule has 0 unspecified atom stereocenters.